The number of morpholine rings is 1. The lowest BCUT2D eigenvalue weighted by atomic mass is 10.1. The Labute approximate surface area is 153 Å². The number of hydrogen-bond acceptors (Lipinski definition) is 4. The molecule has 0 unspecified atom stereocenters. The number of ether oxygens (including phenoxy) is 1. The van der Waals surface area contributed by atoms with Crippen molar-refractivity contribution < 1.29 is 17.5 Å². The van der Waals surface area contributed by atoms with Gasteiger partial charge in [-0.1, -0.05) is 24.3 Å². The van der Waals surface area contributed by atoms with E-state index in [0.29, 0.717) is 18.5 Å². The van der Waals surface area contributed by atoms with E-state index in [1.165, 1.54) is 18.2 Å². The molecule has 0 bridgehead atoms. The minimum Gasteiger partial charge on any atom is -0.378 e. The van der Waals surface area contributed by atoms with Crippen LogP contribution >= 0.6 is 0 Å². The predicted molar refractivity (Wildman–Crippen MR) is 100 cm³/mol. The Bertz CT molecular complexity index is 819. The second-order valence-electron chi connectivity index (χ2n) is 6.30. The summed E-state index contributed by atoms with van der Waals surface area (Å²) in [5, 5.41) is 0. The van der Waals surface area contributed by atoms with E-state index in [1.807, 2.05) is 12.1 Å². The molecule has 0 saturated carbocycles. The highest BCUT2D eigenvalue weighted by molar-refractivity contribution is 7.88. The van der Waals surface area contributed by atoms with Crippen molar-refractivity contribution in [2.24, 2.45) is 0 Å². The number of nitrogens with one attached hydrogen (secondary N) is 1. The van der Waals surface area contributed by atoms with Gasteiger partial charge >= 0.3 is 0 Å². The minimum atomic E-state index is -3.49. The molecular weight excluding hydrogens is 355 g/mol. The van der Waals surface area contributed by atoms with Gasteiger partial charge in [-0.3, -0.25) is 0 Å². The van der Waals surface area contributed by atoms with Crippen molar-refractivity contribution in [1.82, 2.24) is 4.72 Å². The zero-order valence-corrected chi connectivity index (χ0v) is 15.3. The smallest absolute Gasteiger partial charge is 0.215 e. The van der Waals surface area contributed by atoms with E-state index in [1.54, 1.807) is 6.07 Å². The van der Waals surface area contributed by atoms with Gasteiger partial charge in [-0.25, -0.2) is 17.5 Å². The Hall–Kier alpha value is -1.96. The van der Waals surface area contributed by atoms with Gasteiger partial charge in [-0.15, -0.1) is 0 Å². The molecule has 3 rings (SSSR count). The molecule has 2 aromatic carbocycles. The molecule has 0 radical (unpaired) electrons. The number of hydrogen-bond donors (Lipinski definition) is 1. The lowest BCUT2D eigenvalue weighted by Gasteiger charge is -2.28. The largest absolute Gasteiger partial charge is 0.378 e. The normalized spacial score (nSPS) is 15.2. The van der Waals surface area contributed by atoms with Gasteiger partial charge in [0, 0.05) is 25.3 Å². The molecule has 0 aromatic heterocycles. The van der Waals surface area contributed by atoms with Crippen LogP contribution in [0.25, 0.3) is 0 Å². The van der Waals surface area contributed by atoms with Gasteiger partial charge in [0.2, 0.25) is 10.0 Å². The number of halogens is 1. The van der Waals surface area contributed by atoms with Gasteiger partial charge in [0.15, 0.2) is 0 Å². The molecule has 0 amide bonds. The van der Waals surface area contributed by atoms with Crippen LogP contribution < -0.4 is 9.62 Å². The van der Waals surface area contributed by atoms with Gasteiger partial charge in [-0.05, 0) is 41.8 Å². The van der Waals surface area contributed by atoms with Crippen molar-refractivity contribution in [1.29, 1.82) is 0 Å². The van der Waals surface area contributed by atoms with Crippen LogP contribution in [0, 0.1) is 5.82 Å². The van der Waals surface area contributed by atoms with Crippen LogP contribution in [0.1, 0.15) is 11.1 Å². The second-order valence-corrected chi connectivity index (χ2v) is 8.11. The summed E-state index contributed by atoms with van der Waals surface area (Å²) in [7, 11) is -3.49. The van der Waals surface area contributed by atoms with Crippen LogP contribution in [0.15, 0.2) is 48.5 Å². The molecule has 1 aliphatic rings. The molecule has 140 valence electrons. The summed E-state index contributed by atoms with van der Waals surface area (Å²) >= 11 is 0. The number of nitrogens with zero attached hydrogens (tertiary/aromatic N) is 1. The average Bonchev–Trinajstić information content (AvgIpc) is 2.62. The van der Waals surface area contributed by atoms with Crippen LogP contribution in [0.2, 0.25) is 0 Å². The SMILES string of the molecule is O=S(=O)(Cc1cccc(F)c1)NCCc1ccc(N2CCOCC2)cc1. The maximum Gasteiger partial charge on any atom is 0.215 e. The minimum absolute atomic E-state index is 0.221. The van der Waals surface area contributed by atoms with Gasteiger partial charge in [0.1, 0.15) is 5.82 Å². The molecule has 26 heavy (non-hydrogen) atoms. The summed E-state index contributed by atoms with van der Waals surface area (Å²) in [6.07, 6.45) is 0.603. The van der Waals surface area contributed by atoms with Crippen LogP contribution in [0.3, 0.4) is 0 Å². The molecular formula is C19H23FN2O3S. The van der Waals surface area contributed by atoms with E-state index in [-0.39, 0.29) is 5.75 Å². The first kappa shape index (κ1) is 18.8. The third kappa shape index (κ3) is 5.52. The van der Waals surface area contributed by atoms with E-state index >= 15 is 0 Å². The first-order valence-corrected chi connectivity index (χ1v) is 10.3. The molecule has 1 N–H and O–H groups in total. The Kier molecular flexibility index (Phi) is 6.24. The van der Waals surface area contributed by atoms with Gasteiger partial charge in [-0.2, -0.15) is 0 Å². The van der Waals surface area contributed by atoms with Gasteiger partial charge in [0.05, 0.1) is 19.0 Å². The highest BCUT2D eigenvalue weighted by Gasteiger charge is 2.13. The number of rotatable bonds is 7. The summed E-state index contributed by atoms with van der Waals surface area (Å²) in [5.74, 6) is -0.654. The van der Waals surface area contributed by atoms with Crippen LogP contribution in [0.4, 0.5) is 10.1 Å². The summed E-state index contributed by atoms with van der Waals surface area (Å²) in [6, 6.07) is 13.8. The highest BCUT2D eigenvalue weighted by atomic mass is 32.2. The summed E-state index contributed by atoms with van der Waals surface area (Å²) in [5.41, 5.74) is 2.66. The summed E-state index contributed by atoms with van der Waals surface area (Å²) < 4.78 is 45.3. The van der Waals surface area contributed by atoms with E-state index in [2.05, 4.69) is 21.8 Å². The second kappa shape index (κ2) is 8.62. The fraction of sp³-hybridized carbons (Fsp3) is 0.368. The van der Waals surface area contributed by atoms with Crippen LogP contribution in [-0.2, 0) is 26.9 Å². The molecule has 5 nitrogen and oxygen atoms in total. The van der Waals surface area contributed by atoms with Crippen molar-refractivity contribution in [2.75, 3.05) is 37.7 Å². The zero-order valence-electron chi connectivity index (χ0n) is 14.5. The third-order valence-electron chi connectivity index (χ3n) is 4.29. The maximum atomic E-state index is 13.2. The number of sulfonamides is 1. The average molecular weight is 378 g/mol. The molecule has 1 aliphatic heterocycles. The quantitative estimate of drug-likeness (QED) is 0.803. The first-order chi connectivity index (χ1) is 12.5. The van der Waals surface area contributed by atoms with Crippen LogP contribution in [0.5, 0.6) is 0 Å². The predicted octanol–water partition coefficient (Wildman–Crippen LogP) is 2.32. The van der Waals surface area contributed by atoms with Crippen molar-refractivity contribution in [2.45, 2.75) is 12.2 Å². The van der Waals surface area contributed by atoms with Crippen LogP contribution in [-0.4, -0.2) is 41.3 Å². The van der Waals surface area contributed by atoms with Crippen molar-refractivity contribution in [3.8, 4) is 0 Å². The molecule has 1 heterocycles. The lowest BCUT2D eigenvalue weighted by Crippen LogP contribution is -2.36. The number of anilines is 1. The summed E-state index contributed by atoms with van der Waals surface area (Å²) in [4.78, 5) is 2.27. The topological polar surface area (TPSA) is 58.6 Å². The van der Waals surface area contributed by atoms with Crippen molar-refractivity contribution in [3.05, 3.63) is 65.5 Å². The zero-order chi connectivity index (χ0) is 18.4. The van der Waals surface area contributed by atoms with E-state index in [9.17, 15) is 12.8 Å². The molecule has 0 spiro atoms. The Morgan fingerprint density at radius 3 is 2.46 bits per heavy atom. The maximum absolute atomic E-state index is 13.2. The lowest BCUT2D eigenvalue weighted by molar-refractivity contribution is 0.122. The molecule has 1 saturated heterocycles. The summed E-state index contributed by atoms with van der Waals surface area (Å²) in [6.45, 7) is 3.58. The Balaban J connectivity index is 1.49. The number of benzene rings is 2. The van der Waals surface area contributed by atoms with Crippen molar-refractivity contribution >= 4 is 15.7 Å². The molecule has 2 aromatic rings. The fourth-order valence-electron chi connectivity index (χ4n) is 2.94. The Morgan fingerprint density at radius 2 is 1.77 bits per heavy atom. The highest BCUT2D eigenvalue weighted by Crippen LogP contribution is 2.17. The van der Waals surface area contributed by atoms with Gasteiger partial charge < -0.3 is 9.64 Å². The van der Waals surface area contributed by atoms with E-state index in [0.717, 1.165) is 37.6 Å². The molecule has 1 fully saturated rings. The monoisotopic (exact) mass is 378 g/mol. The first-order valence-electron chi connectivity index (χ1n) is 8.65. The van der Waals surface area contributed by atoms with Crippen molar-refractivity contribution in [3.63, 3.8) is 0 Å². The fourth-order valence-corrected chi connectivity index (χ4v) is 4.08. The third-order valence-corrected chi connectivity index (χ3v) is 5.65. The molecule has 7 heteroatoms. The van der Waals surface area contributed by atoms with E-state index in [4.69, 9.17) is 4.74 Å². The molecule has 0 aliphatic carbocycles. The molecule has 0 atom stereocenters. The Morgan fingerprint density at radius 1 is 1.04 bits per heavy atom. The standard InChI is InChI=1S/C19H23FN2O3S/c20-18-3-1-2-17(14-18)15-26(23,24)21-9-8-16-4-6-19(7-5-16)22-10-12-25-13-11-22/h1-7,14,21H,8-13,15H2. The van der Waals surface area contributed by atoms with Gasteiger partial charge in [0.25, 0.3) is 0 Å². The van der Waals surface area contributed by atoms with E-state index < -0.39 is 15.8 Å².